The lowest BCUT2D eigenvalue weighted by Gasteiger charge is -1.98. The molecule has 3 aromatic rings. The highest BCUT2D eigenvalue weighted by Crippen LogP contribution is 2.17. The second kappa shape index (κ2) is 5.64. The number of nitriles is 1. The molecule has 1 aromatic carbocycles. The summed E-state index contributed by atoms with van der Waals surface area (Å²) < 4.78 is 14.4. The topological polar surface area (TPSA) is 67.4 Å². The molecule has 5 nitrogen and oxygen atoms in total. The molecular weight excluding hydrogens is 289 g/mol. The normalized spacial score (nSPS) is 10.9. The molecule has 7 heteroatoms. The molecule has 0 fully saturated rings. The fourth-order valence-corrected chi connectivity index (χ4v) is 2.33. The fraction of sp³-hybridized carbons (Fsp3) is 0. The molecule has 0 bridgehead atoms. The van der Waals surface area contributed by atoms with Gasteiger partial charge < -0.3 is 0 Å². The maximum absolute atomic E-state index is 12.9. The van der Waals surface area contributed by atoms with Crippen LogP contribution < -0.4 is 0 Å². The Kier molecular flexibility index (Phi) is 3.53. The van der Waals surface area contributed by atoms with Gasteiger partial charge >= 0.3 is 0 Å². The molecule has 0 atom stereocenters. The summed E-state index contributed by atoms with van der Waals surface area (Å²) in [5, 5.41) is 19.3. The van der Waals surface area contributed by atoms with Crippen LogP contribution in [0, 0.1) is 17.1 Å². The van der Waals surface area contributed by atoms with Crippen molar-refractivity contribution in [3.05, 3.63) is 58.6 Å². The van der Waals surface area contributed by atoms with Gasteiger partial charge in [0.2, 0.25) is 5.13 Å². The number of thiazole rings is 1. The van der Waals surface area contributed by atoms with E-state index in [-0.39, 0.29) is 11.5 Å². The summed E-state index contributed by atoms with van der Waals surface area (Å²) in [6.07, 6.45) is 5.14. The largest absolute Gasteiger partial charge is 0.227 e. The number of hydrogen-bond acceptors (Lipinski definition) is 5. The van der Waals surface area contributed by atoms with E-state index < -0.39 is 0 Å². The summed E-state index contributed by atoms with van der Waals surface area (Å²) in [5.74, 6) is -0.292. The fourth-order valence-electron chi connectivity index (χ4n) is 1.73. The molecule has 21 heavy (non-hydrogen) atoms. The minimum Gasteiger partial charge on any atom is -0.227 e. The first-order valence-corrected chi connectivity index (χ1v) is 6.85. The summed E-state index contributed by atoms with van der Waals surface area (Å²) in [7, 11) is 0. The van der Waals surface area contributed by atoms with Crippen LogP contribution in [0.3, 0.4) is 0 Å². The average molecular weight is 297 g/mol. The third-order valence-electron chi connectivity index (χ3n) is 2.72. The number of hydrogen-bond donors (Lipinski definition) is 0. The molecule has 3 rings (SSSR count). The van der Waals surface area contributed by atoms with E-state index in [0.29, 0.717) is 10.8 Å². The van der Waals surface area contributed by atoms with Crippen molar-refractivity contribution in [3.63, 3.8) is 0 Å². The Hall–Kier alpha value is -2.85. The van der Waals surface area contributed by atoms with Crippen LogP contribution in [0.4, 0.5) is 4.39 Å². The van der Waals surface area contributed by atoms with Crippen LogP contribution >= 0.6 is 11.3 Å². The first-order chi connectivity index (χ1) is 10.3. The van der Waals surface area contributed by atoms with E-state index in [1.165, 1.54) is 28.2 Å². The van der Waals surface area contributed by atoms with Crippen molar-refractivity contribution in [1.29, 1.82) is 5.26 Å². The summed E-state index contributed by atoms with van der Waals surface area (Å²) in [6.45, 7) is 0. The smallest absolute Gasteiger partial charge is 0.212 e. The molecule has 0 aliphatic carbocycles. The average Bonchev–Trinajstić information content (AvgIpc) is 3.15. The zero-order valence-electron chi connectivity index (χ0n) is 10.6. The van der Waals surface area contributed by atoms with Gasteiger partial charge in [0.25, 0.3) is 0 Å². The first kappa shape index (κ1) is 13.1. The lowest BCUT2D eigenvalue weighted by atomic mass is 10.2. The Labute approximate surface area is 123 Å². The van der Waals surface area contributed by atoms with Crippen molar-refractivity contribution in [2.45, 2.75) is 0 Å². The predicted octanol–water partition coefficient (Wildman–Crippen LogP) is 2.90. The number of rotatable bonds is 3. The Balaban J connectivity index is 2.00. The van der Waals surface area contributed by atoms with Crippen molar-refractivity contribution in [2.24, 2.45) is 0 Å². The molecule has 2 heterocycles. The summed E-state index contributed by atoms with van der Waals surface area (Å²) in [6, 6.07) is 8.04. The van der Waals surface area contributed by atoms with E-state index in [1.54, 1.807) is 30.5 Å². The van der Waals surface area contributed by atoms with Crippen LogP contribution in [-0.4, -0.2) is 20.0 Å². The summed E-state index contributed by atoms with van der Waals surface area (Å²) >= 11 is 1.39. The number of benzene rings is 1. The van der Waals surface area contributed by atoms with Gasteiger partial charge in [-0.05, 0) is 23.8 Å². The summed E-state index contributed by atoms with van der Waals surface area (Å²) in [5.41, 5.74) is 1.56. The SMILES string of the molecule is N#Cc1nnn(-c2nccs2)c1/C=C/c1ccc(F)cc1. The molecule has 102 valence electrons. The second-order valence-electron chi connectivity index (χ2n) is 4.05. The van der Waals surface area contributed by atoms with Crippen molar-refractivity contribution in [1.82, 2.24) is 20.0 Å². The van der Waals surface area contributed by atoms with Gasteiger partial charge in [-0.1, -0.05) is 23.4 Å². The maximum atomic E-state index is 12.9. The Morgan fingerprint density at radius 2 is 2.05 bits per heavy atom. The number of halogens is 1. The van der Waals surface area contributed by atoms with Gasteiger partial charge in [0.1, 0.15) is 17.6 Å². The summed E-state index contributed by atoms with van der Waals surface area (Å²) in [4.78, 5) is 4.15. The second-order valence-corrected chi connectivity index (χ2v) is 4.92. The van der Waals surface area contributed by atoms with Crippen LogP contribution in [0.1, 0.15) is 17.0 Å². The maximum Gasteiger partial charge on any atom is 0.212 e. The zero-order chi connectivity index (χ0) is 14.7. The highest BCUT2D eigenvalue weighted by atomic mass is 32.1. The number of aromatic nitrogens is 4. The first-order valence-electron chi connectivity index (χ1n) is 5.97. The Morgan fingerprint density at radius 1 is 1.24 bits per heavy atom. The molecule has 0 saturated carbocycles. The van der Waals surface area contributed by atoms with Crippen molar-refractivity contribution in [3.8, 4) is 11.2 Å². The molecule has 0 saturated heterocycles. The van der Waals surface area contributed by atoms with Gasteiger partial charge in [-0.15, -0.1) is 16.4 Å². The molecule has 0 amide bonds. The predicted molar refractivity (Wildman–Crippen MR) is 77.1 cm³/mol. The van der Waals surface area contributed by atoms with Gasteiger partial charge in [0.05, 0.1) is 0 Å². The Morgan fingerprint density at radius 3 is 2.71 bits per heavy atom. The monoisotopic (exact) mass is 297 g/mol. The molecule has 0 radical (unpaired) electrons. The molecular formula is C14H8FN5S. The van der Waals surface area contributed by atoms with Gasteiger partial charge in [-0.25, -0.2) is 9.37 Å². The zero-order valence-corrected chi connectivity index (χ0v) is 11.5. The van der Waals surface area contributed by atoms with E-state index in [1.807, 2.05) is 11.4 Å². The van der Waals surface area contributed by atoms with E-state index in [9.17, 15) is 4.39 Å². The molecule has 0 unspecified atom stereocenters. The molecule has 0 aliphatic heterocycles. The van der Waals surface area contributed by atoms with Crippen LogP contribution in [0.25, 0.3) is 17.3 Å². The highest BCUT2D eigenvalue weighted by molar-refractivity contribution is 7.12. The minimum absolute atomic E-state index is 0.212. The molecule has 0 spiro atoms. The van der Waals surface area contributed by atoms with Gasteiger partial charge in [0.15, 0.2) is 5.69 Å². The third kappa shape index (κ3) is 2.70. The molecule has 2 aromatic heterocycles. The Bertz CT molecular complexity index is 812. The van der Waals surface area contributed by atoms with Crippen molar-refractivity contribution < 1.29 is 4.39 Å². The standard InChI is InChI=1S/C14H8FN5S/c15-11-4-1-10(2-5-11)3-6-13-12(9-16)18-19-20(13)14-17-7-8-21-14/h1-8H/b6-3+. The van der Waals surface area contributed by atoms with E-state index in [4.69, 9.17) is 5.26 Å². The van der Waals surface area contributed by atoms with Crippen LogP contribution in [-0.2, 0) is 0 Å². The molecule has 0 N–H and O–H groups in total. The third-order valence-corrected chi connectivity index (χ3v) is 3.46. The van der Waals surface area contributed by atoms with Gasteiger partial charge in [0, 0.05) is 11.6 Å². The van der Waals surface area contributed by atoms with E-state index in [0.717, 1.165) is 5.56 Å². The van der Waals surface area contributed by atoms with Crippen molar-refractivity contribution >= 4 is 23.5 Å². The highest BCUT2D eigenvalue weighted by Gasteiger charge is 2.12. The van der Waals surface area contributed by atoms with Crippen LogP contribution in [0.2, 0.25) is 0 Å². The van der Waals surface area contributed by atoms with E-state index >= 15 is 0 Å². The van der Waals surface area contributed by atoms with Gasteiger partial charge in [-0.3, -0.25) is 0 Å². The quantitative estimate of drug-likeness (QED) is 0.745. The lowest BCUT2D eigenvalue weighted by molar-refractivity contribution is 0.628. The number of nitrogens with zero attached hydrogens (tertiary/aromatic N) is 5. The van der Waals surface area contributed by atoms with E-state index in [2.05, 4.69) is 15.3 Å². The minimum atomic E-state index is -0.292. The van der Waals surface area contributed by atoms with Crippen molar-refractivity contribution in [2.75, 3.05) is 0 Å². The van der Waals surface area contributed by atoms with Crippen LogP contribution in [0.15, 0.2) is 35.8 Å². The molecule has 0 aliphatic rings. The van der Waals surface area contributed by atoms with Gasteiger partial charge in [-0.2, -0.15) is 9.94 Å². The lowest BCUT2D eigenvalue weighted by Crippen LogP contribution is -1.98. The van der Waals surface area contributed by atoms with Crippen LogP contribution in [0.5, 0.6) is 0 Å².